The molecule has 12 nitrogen and oxygen atoms in total. The summed E-state index contributed by atoms with van der Waals surface area (Å²) in [6.45, 7) is 7.31. The van der Waals surface area contributed by atoms with Crippen LogP contribution in [0.2, 0.25) is 0 Å². The van der Waals surface area contributed by atoms with E-state index >= 15 is 0 Å². The molecular weight excluding hydrogens is 486 g/mol. The number of likely N-dealkylation sites (tertiary alicyclic amines) is 1. The van der Waals surface area contributed by atoms with Crippen molar-refractivity contribution in [1.29, 1.82) is 0 Å². The standard InChI is InChI=1S/C26H31N9O3/c1-26(2,3)38-25(37)33-14-17(15-33)34-13-16(12-28-34)21-31-22-18-8-4-5-9-19(18)29-24(35(22)32-21)30-20-10-6-7-11-27-23(20)36/h4-5,8-9,12-13,17,20H,6-7,10-11,14-15H2,1-3H3,(H,27,36)(H,29,30)/t20-/m1/s1. The summed E-state index contributed by atoms with van der Waals surface area (Å²) < 4.78 is 8.95. The molecule has 0 unspecified atom stereocenters. The van der Waals surface area contributed by atoms with Gasteiger partial charge >= 0.3 is 6.09 Å². The minimum atomic E-state index is -0.525. The average Bonchev–Trinajstić information content (AvgIpc) is 3.44. The maximum Gasteiger partial charge on any atom is 0.410 e. The first-order valence-electron chi connectivity index (χ1n) is 13.0. The van der Waals surface area contributed by atoms with Gasteiger partial charge in [0.1, 0.15) is 11.6 Å². The number of nitrogens with zero attached hydrogens (tertiary/aromatic N) is 7. The number of carbonyl (C=O) groups excluding carboxylic acids is 2. The first kappa shape index (κ1) is 24.1. The van der Waals surface area contributed by atoms with Crippen LogP contribution in [-0.2, 0) is 9.53 Å². The summed E-state index contributed by atoms with van der Waals surface area (Å²) in [5, 5.41) is 16.4. The van der Waals surface area contributed by atoms with Gasteiger partial charge in [-0.3, -0.25) is 9.48 Å². The summed E-state index contributed by atoms with van der Waals surface area (Å²) in [6, 6.07) is 7.41. The molecule has 6 rings (SSSR count). The van der Waals surface area contributed by atoms with Gasteiger partial charge in [-0.1, -0.05) is 12.1 Å². The Morgan fingerprint density at radius 2 is 1.97 bits per heavy atom. The van der Waals surface area contributed by atoms with Crippen LogP contribution in [0.3, 0.4) is 0 Å². The first-order chi connectivity index (χ1) is 18.2. The molecular formula is C26H31N9O3. The molecule has 2 aliphatic heterocycles. The molecule has 2 saturated heterocycles. The number of anilines is 1. The second-order valence-electron chi connectivity index (χ2n) is 10.9. The van der Waals surface area contributed by atoms with E-state index in [0.29, 0.717) is 37.1 Å². The Bertz CT molecular complexity index is 1510. The number of nitrogens with one attached hydrogen (secondary N) is 2. The van der Waals surface area contributed by atoms with Crippen molar-refractivity contribution in [2.75, 3.05) is 25.0 Å². The van der Waals surface area contributed by atoms with Crippen LogP contribution in [0, 0.1) is 0 Å². The predicted octanol–water partition coefficient (Wildman–Crippen LogP) is 3.01. The number of rotatable bonds is 4. The van der Waals surface area contributed by atoms with E-state index in [2.05, 4.69) is 15.7 Å². The summed E-state index contributed by atoms with van der Waals surface area (Å²) in [4.78, 5) is 36.1. The molecule has 0 aliphatic carbocycles. The summed E-state index contributed by atoms with van der Waals surface area (Å²) in [5.74, 6) is 0.943. The third kappa shape index (κ3) is 4.61. The Morgan fingerprint density at radius 1 is 1.16 bits per heavy atom. The van der Waals surface area contributed by atoms with Gasteiger partial charge in [-0.2, -0.15) is 9.61 Å². The Morgan fingerprint density at radius 3 is 2.79 bits per heavy atom. The number of aromatic nitrogens is 6. The summed E-state index contributed by atoms with van der Waals surface area (Å²) in [7, 11) is 0. The second kappa shape index (κ2) is 9.26. The highest BCUT2D eigenvalue weighted by molar-refractivity contribution is 5.93. The highest BCUT2D eigenvalue weighted by atomic mass is 16.6. The van der Waals surface area contributed by atoms with Gasteiger partial charge in [-0.15, -0.1) is 5.10 Å². The molecule has 5 heterocycles. The SMILES string of the molecule is CC(C)(C)OC(=O)N1CC(n2cc(-c3nc4c5ccccc5nc(N[C@@H]5CCCCNC5=O)n4n3)cn2)C1. The van der Waals surface area contributed by atoms with Crippen molar-refractivity contribution in [1.82, 2.24) is 39.6 Å². The van der Waals surface area contributed by atoms with Crippen LogP contribution >= 0.6 is 0 Å². The fourth-order valence-corrected chi connectivity index (χ4v) is 4.76. The number of ether oxygens (including phenoxy) is 1. The minimum absolute atomic E-state index is 0.0341. The van der Waals surface area contributed by atoms with Crippen molar-refractivity contribution < 1.29 is 14.3 Å². The lowest BCUT2D eigenvalue weighted by atomic mass is 10.1. The molecule has 198 valence electrons. The number of para-hydroxylation sites is 1. The van der Waals surface area contributed by atoms with E-state index in [1.807, 2.05) is 55.9 Å². The average molecular weight is 518 g/mol. The van der Waals surface area contributed by atoms with Crippen molar-refractivity contribution in [3.63, 3.8) is 0 Å². The largest absolute Gasteiger partial charge is 0.444 e. The zero-order valence-electron chi connectivity index (χ0n) is 21.7. The number of hydrogen-bond acceptors (Lipinski definition) is 8. The normalized spacial score (nSPS) is 18.8. The zero-order chi connectivity index (χ0) is 26.4. The molecule has 3 aromatic heterocycles. The van der Waals surface area contributed by atoms with Gasteiger partial charge in [0.15, 0.2) is 11.5 Å². The van der Waals surface area contributed by atoms with E-state index in [1.165, 1.54) is 0 Å². The third-order valence-corrected chi connectivity index (χ3v) is 6.77. The van der Waals surface area contributed by atoms with Crippen molar-refractivity contribution in [3.05, 3.63) is 36.7 Å². The van der Waals surface area contributed by atoms with Gasteiger partial charge in [0, 0.05) is 31.2 Å². The summed E-state index contributed by atoms with van der Waals surface area (Å²) >= 11 is 0. The van der Waals surface area contributed by atoms with Crippen molar-refractivity contribution in [3.8, 4) is 11.4 Å². The molecule has 0 radical (unpaired) electrons. The minimum Gasteiger partial charge on any atom is -0.444 e. The number of amides is 2. The maximum absolute atomic E-state index is 12.6. The van der Waals surface area contributed by atoms with E-state index in [4.69, 9.17) is 19.8 Å². The topological polar surface area (TPSA) is 132 Å². The van der Waals surface area contributed by atoms with Gasteiger partial charge in [-0.25, -0.2) is 14.8 Å². The molecule has 4 aromatic rings. The molecule has 1 aromatic carbocycles. The monoisotopic (exact) mass is 517 g/mol. The molecule has 2 fully saturated rings. The Kier molecular flexibility index (Phi) is 5.88. The zero-order valence-corrected chi connectivity index (χ0v) is 21.7. The van der Waals surface area contributed by atoms with Gasteiger partial charge in [-0.05, 0) is 52.2 Å². The highest BCUT2D eigenvalue weighted by Crippen LogP contribution is 2.28. The Balaban J connectivity index is 1.27. The van der Waals surface area contributed by atoms with E-state index in [1.54, 1.807) is 15.6 Å². The van der Waals surface area contributed by atoms with E-state index in [0.717, 1.165) is 35.7 Å². The summed E-state index contributed by atoms with van der Waals surface area (Å²) in [5.41, 5.74) is 1.65. The van der Waals surface area contributed by atoms with Crippen LogP contribution in [-0.4, -0.2) is 77.5 Å². The third-order valence-electron chi connectivity index (χ3n) is 6.77. The molecule has 12 heteroatoms. The molecule has 0 bridgehead atoms. The van der Waals surface area contributed by atoms with Crippen molar-refractivity contribution >= 4 is 34.5 Å². The predicted molar refractivity (Wildman–Crippen MR) is 141 cm³/mol. The maximum atomic E-state index is 12.6. The number of carbonyl (C=O) groups is 2. The number of hydrogen-bond donors (Lipinski definition) is 2. The molecule has 0 saturated carbocycles. The smallest absolute Gasteiger partial charge is 0.410 e. The second-order valence-corrected chi connectivity index (χ2v) is 10.9. The van der Waals surface area contributed by atoms with Crippen molar-refractivity contribution in [2.45, 2.75) is 57.7 Å². The van der Waals surface area contributed by atoms with E-state index in [9.17, 15) is 9.59 Å². The van der Waals surface area contributed by atoms with Crippen LogP contribution in [0.4, 0.5) is 10.7 Å². The lowest BCUT2D eigenvalue weighted by molar-refractivity contribution is -0.121. The fourth-order valence-electron chi connectivity index (χ4n) is 4.76. The van der Waals surface area contributed by atoms with Crippen LogP contribution in [0.1, 0.15) is 46.1 Å². The van der Waals surface area contributed by atoms with Gasteiger partial charge < -0.3 is 20.3 Å². The summed E-state index contributed by atoms with van der Waals surface area (Å²) in [6.07, 6.45) is 5.93. The lowest BCUT2D eigenvalue weighted by Gasteiger charge is -2.39. The quantitative estimate of drug-likeness (QED) is 0.422. The molecule has 0 spiro atoms. The lowest BCUT2D eigenvalue weighted by Crippen LogP contribution is -2.52. The van der Waals surface area contributed by atoms with Gasteiger partial charge in [0.2, 0.25) is 11.9 Å². The molecule has 2 N–H and O–H groups in total. The number of fused-ring (bicyclic) bond motifs is 3. The Hall–Kier alpha value is -4.22. The number of benzene rings is 1. The van der Waals surface area contributed by atoms with Gasteiger partial charge in [0.05, 0.1) is 23.3 Å². The molecule has 1 atom stereocenters. The van der Waals surface area contributed by atoms with Crippen LogP contribution in [0.15, 0.2) is 36.7 Å². The van der Waals surface area contributed by atoms with Crippen LogP contribution < -0.4 is 10.6 Å². The molecule has 2 amide bonds. The van der Waals surface area contributed by atoms with E-state index < -0.39 is 11.6 Å². The molecule has 38 heavy (non-hydrogen) atoms. The Labute approximate surface area is 219 Å². The van der Waals surface area contributed by atoms with E-state index in [-0.39, 0.29) is 18.0 Å². The first-order valence-corrected chi connectivity index (χ1v) is 13.0. The molecule has 2 aliphatic rings. The van der Waals surface area contributed by atoms with Crippen molar-refractivity contribution in [2.24, 2.45) is 0 Å². The van der Waals surface area contributed by atoms with Crippen LogP contribution in [0.25, 0.3) is 27.9 Å². The highest BCUT2D eigenvalue weighted by Gasteiger charge is 2.35. The fraction of sp³-hybridized carbons (Fsp3) is 0.462. The van der Waals surface area contributed by atoms with Crippen LogP contribution in [0.5, 0.6) is 0 Å². The van der Waals surface area contributed by atoms with Gasteiger partial charge in [0.25, 0.3) is 0 Å².